The fourth-order valence-corrected chi connectivity index (χ4v) is 2.73. The van der Waals surface area contributed by atoms with Gasteiger partial charge in [0.15, 0.2) is 0 Å². The van der Waals surface area contributed by atoms with E-state index in [4.69, 9.17) is 5.73 Å². The number of nitrogens with one attached hydrogen (secondary N) is 2. The number of carbonyl (C=O) groups is 1. The van der Waals surface area contributed by atoms with Crippen molar-refractivity contribution in [2.75, 3.05) is 16.4 Å². The lowest BCUT2D eigenvalue weighted by Crippen LogP contribution is -2.20. The molecule has 0 spiro atoms. The molecule has 0 bridgehead atoms. The summed E-state index contributed by atoms with van der Waals surface area (Å²) in [4.78, 5) is 11.4. The second-order valence-electron chi connectivity index (χ2n) is 5.59. The van der Waals surface area contributed by atoms with Gasteiger partial charge in [0.25, 0.3) is 0 Å². The van der Waals surface area contributed by atoms with Crippen LogP contribution in [0.4, 0.5) is 17.1 Å². The lowest BCUT2D eigenvalue weighted by atomic mass is 10.0. The van der Waals surface area contributed by atoms with Crippen LogP contribution < -0.4 is 16.4 Å². The van der Waals surface area contributed by atoms with Crippen molar-refractivity contribution in [1.29, 1.82) is 0 Å². The van der Waals surface area contributed by atoms with E-state index >= 15 is 0 Å². The van der Waals surface area contributed by atoms with Gasteiger partial charge in [-0.1, -0.05) is 33.1 Å². The summed E-state index contributed by atoms with van der Waals surface area (Å²) in [6.07, 6.45) is 6.32. The summed E-state index contributed by atoms with van der Waals surface area (Å²) in [6.45, 7) is 4.41. The Balaban J connectivity index is 2.11. The van der Waals surface area contributed by atoms with Crippen molar-refractivity contribution in [3.63, 3.8) is 0 Å². The van der Waals surface area contributed by atoms with Crippen molar-refractivity contribution in [3.8, 4) is 0 Å². The van der Waals surface area contributed by atoms with Gasteiger partial charge in [-0.05, 0) is 30.5 Å². The quantitative estimate of drug-likeness (QED) is 0.667. The molecule has 0 saturated carbocycles. The maximum atomic E-state index is 11.4. The first-order valence-corrected chi connectivity index (χ1v) is 7.62. The summed E-state index contributed by atoms with van der Waals surface area (Å²) in [5, 5.41) is 6.43. The summed E-state index contributed by atoms with van der Waals surface area (Å²) >= 11 is 0. The molecular weight excluding hydrogens is 250 g/mol. The number of rotatable bonds is 7. The minimum atomic E-state index is 0.0487. The van der Waals surface area contributed by atoms with Crippen LogP contribution in [0.1, 0.15) is 51.5 Å². The van der Waals surface area contributed by atoms with Gasteiger partial charge in [-0.15, -0.1) is 0 Å². The average molecular weight is 275 g/mol. The molecule has 4 nitrogen and oxygen atoms in total. The van der Waals surface area contributed by atoms with E-state index in [2.05, 4.69) is 24.5 Å². The lowest BCUT2D eigenvalue weighted by Gasteiger charge is -2.21. The number of nitrogens with two attached hydrogens (primary N) is 1. The third-order valence-electron chi connectivity index (χ3n) is 3.80. The highest BCUT2D eigenvalue weighted by atomic mass is 16.1. The normalized spacial score (nSPS) is 14.8. The predicted octanol–water partition coefficient (Wildman–Crippen LogP) is 3.53. The standard InChI is InChI=1S/C16H25N3O/c1-3-5-7-12(6-4-2)18-15-10-14-11(8-13(15)17)9-16(20)19-14/h8,10,12,18H,3-7,9,17H2,1-2H3,(H,19,20). The summed E-state index contributed by atoms with van der Waals surface area (Å²) < 4.78 is 0. The molecule has 0 fully saturated rings. The van der Waals surface area contributed by atoms with Crippen molar-refractivity contribution in [2.24, 2.45) is 0 Å². The van der Waals surface area contributed by atoms with Crippen LogP contribution in [0.25, 0.3) is 0 Å². The van der Waals surface area contributed by atoms with E-state index in [0.29, 0.717) is 12.5 Å². The fraction of sp³-hybridized carbons (Fsp3) is 0.562. The second-order valence-corrected chi connectivity index (χ2v) is 5.59. The van der Waals surface area contributed by atoms with Gasteiger partial charge >= 0.3 is 0 Å². The maximum Gasteiger partial charge on any atom is 0.228 e. The van der Waals surface area contributed by atoms with Gasteiger partial charge in [-0.2, -0.15) is 0 Å². The first-order chi connectivity index (χ1) is 9.63. The maximum absolute atomic E-state index is 11.4. The van der Waals surface area contributed by atoms with Crippen molar-refractivity contribution < 1.29 is 4.79 Å². The highest BCUT2D eigenvalue weighted by Crippen LogP contribution is 2.32. The van der Waals surface area contributed by atoms with Crippen LogP contribution in [0.3, 0.4) is 0 Å². The Bertz CT molecular complexity index is 485. The van der Waals surface area contributed by atoms with Crippen LogP contribution in [0, 0.1) is 0 Å². The molecule has 1 amide bonds. The van der Waals surface area contributed by atoms with Crippen molar-refractivity contribution >= 4 is 23.0 Å². The second kappa shape index (κ2) is 6.64. The molecule has 1 aromatic rings. The zero-order valence-corrected chi connectivity index (χ0v) is 12.5. The Morgan fingerprint density at radius 3 is 2.80 bits per heavy atom. The van der Waals surface area contributed by atoms with E-state index in [1.54, 1.807) is 0 Å². The Labute approximate surface area is 121 Å². The first kappa shape index (κ1) is 14.7. The largest absolute Gasteiger partial charge is 0.397 e. The highest BCUT2D eigenvalue weighted by molar-refractivity contribution is 6.00. The molecule has 1 unspecified atom stereocenters. The van der Waals surface area contributed by atoms with E-state index in [9.17, 15) is 4.79 Å². The van der Waals surface area contributed by atoms with Gasteiger partial charge in [0.05, 0.1) is 17.8 Å². The molecule has 1 atom stereocenters. The Kier molecular flexibility index (Phi) is 4.88. The summed E-state index contributed by atoms with van der Waals surface area (Å²) in [5.41, 5.74) is 9.69. The highest BCUT2D eigenvalue weighted by Gasteiger charge is 2.20. The number of anilines is 3. The van der Waals surface area contributed by atoms with Crippen molar-refractivity contribution in [2.45, 2.75) is 58.4 Å². The Morgan fingerprint density at radius 2 is 2.10 bits per heavy atom. The Morgan fingerprint density at radius 1 is 1.30 bits per heavy atom. The molecular formula is C16H25N3O. The summed E-state index contributed by atoms with van der Waals surface area (Å²) in [7, 11) is 0. The van der Waals surface area contributed by atoms with Crippen molar-refractivity contribution in [3.05, 3.63) is 17.7 Å². The number of carbonyl (C=O) groups excluding carboxylic acids is 1. The number of unbranched alkanes of at least 4 members (excludes halogenated alkanes) is 1. The van der Waals surface area contributed by atoms with Gasteiger partial charge in [-0.3, -0.25) is 4.79 Å². The molecule has 2 rings (SSSR count). The smallest absolute Gasteiger partial charge is 0.228 e. The third kappa shape index (κ3) is 3.44. The predicted molar refractivity (Wildman–Crippen MR) is 85.0 cm³/mol. The zero-order chi connectivity index (χ0) is 14.5. The SMILES string of the molecule is CCCCC(CCC)Nc1cc2c(cc1N)CC(=O)N2. The van der Waals surface area contributed by atoms with Crippen LogP contribution in [-0.4, -0.2) is 11.9 Å². The van der Waals surface area contributed by atoms with Gasteiger partial charge in [0, 0.05) is 11.7 Å². The van der Waals surface area contributed by atoms with Crippen LogP contribution >= 0.6 is 0 Å². The van der Waals surface area contributed by atoms with Crippen LogP contribution in [0.15, 0.2) is 12.1 Å². The van der Waals surface area contributed by atoms with E-state index in [-0.39, 0.29) is 5.91 Å². The molecule has 110 valence electrons. The number of amides is 1. The van der Waals surface area contributed by atoms with Crippen LogP contribution in [-0.2, 0) is 11.2 Å². The minimum absolute atomic E-state index is 0.0487. The van der Waals surface area contributed by atoms with Gasteiger partial charge < -0.3 is 16.4 Å². The zero-order valence-electron chi connectivity index (χ0n) is 12.5. The number of hydrogen-bond acceptors (Lipinski definition) is 3. The molecule has 0 aromatic heterocycles. The van der Waals surface area contributed by atoms with Gasteiger partial charge in [0.1, 0.15) is 0 Å². The molecule has 4 heteroatoms. The number of benzene rings is 1. The summed E-state index contributed by atoms with van der Waals surface area (Å²) in [6, 6.07) is 4.35. The molecule has 0 radical (unpaired) electrons. The topological polar surface area (TPSA) is 67.1 Å². The van der Waals surface area contributed by atoms with E-state index < -0.39 is 0 Å². The van der Waals surface area contributed by atoms with Gasteiger partial charge in [0.2, 0.25) is 5.91 Å². The monoisotopic (exact) mass is 275 g/mol. The van der Waals surface area contributed by atoms with E-state index in [1.165, 1.54) is 12.8 Å². The van der Waals surface area contributed by atoms with E-state index in [0.717, 1.165) is 41.9 Å². The number of nitrogen functional groups attached to an aromatic ring is 1. The molecule has 1 aliphatic heterocycles. The molecule has 1 heterocycles. The molecule has 0 saturated heterocycles. The molecule has 1 aromatic carbocycles. The average Bonchev–Trinajstić information content (AvgIpc) is 2.75. The molecule has 20 heavy (non-hydrogen) atoms. The fourth-order valence-electron chi connectivity index (χ4n) is 2.73. The minimum Gasteiger partial charge on any atom is -0.397 e. The lowest BCUT2D eigenvalue weighted by molar-refractivity contribution is -0.115. The molecule has 1 aliphatic rings. The van der Waals surface area contributed by atoms with Gasteiger partial charge in [-0.25, -0.2) is 0 Å². The molecule has 0 aliphatic carbocycles. The number of hydrogen-bond donors (Lipinski definition) is 3. The summed E-state index contributed by atoms with van der Waals surface area (Å²) in [5.74, 6) is 0.0487. The Hall–Kier alpha value is -1.71. The first-order valence-electron chi connectivity index (χ1n) is 7.62. The van der Waals surface area contributed by atoms with Crippen LogP contribution in [0.2, 0.25) is 0 Å². The number of fused-ring (bicyclic) bond motifs is 1. The van der Waals surface area contributed by atoms with Crippen LogP contribution in [0.5, 0.6) is 0 Å². The third-order valence-corrected chi connectivity index (χ3v) is 3.80. The van der Waals surface area contributed by atoms with E-state index in [1.807, 2.05) is 12.1 Å². The van der Waals surface area contributed by atoms with Crippen molar-refractivity contribution in [1.82, 2.24) is 0 Å². The molecule has 4 N–H and O–H groups in total.